The van der Waals surface area contributed by atoms with Crippen molar-refractivity contribution in [2.24, 2.45) is 0 Å². The highest BCUT2D eigenvalue weighted by Crippen LogP contribution is 2.35. The Balaban J connectivity index is 1.46. The van der Waals surface area contributed by atoms with Crippen LogP contribution in [-0.2, 0) is 9.53 Å². The fraction of sp³-hybridized carbons (Fsp3) is 0.348. The molecule has 10 heteroatoms. The van der Waals surface area contributed by atoms with E-state index < -0.39 is 5.82 Å². The third kappa shape index (κ3) is 5.61. The summed E-state index contributed by atoms with van der Waals surface area (Å²) in [5, 5.41) is 3.87. The van der Waals surface area contributed by atoms with Crippen LogP contribution in [0.3, 0.4) is 0 Å². The van der Waals surface area contributed by atoms with Gasteiger partial charge in [0.1, 0.15) is 24.1 Å². The van der Waals surface area contributed by atoms with E-state index in [0.29, 0.717) is 47.1 Å². The highest BCUT2D eigenvalue weighted by Gasteiger charge is 2.23. The first-order valence-corrected chi connectivity index (χ1v) is 10.9. The normalized spacial score (nSPS) is 16.5. The molecule has 0 aliphatic carbocycles. The van der Waals surface area contributed by atoms with E-state index in [-0.39, 0.29) is 17.1 Å². The van der Waals surface area contributed by atoms with Crippen LogP contribution in [0.4, 0.5) is 15.9 Å². The number of benzene rings is 2. The lowest BCUT2D eigenvalue weighted by Gasteiger charge is -2.30. The SMILES string of the molecule is COc1cc2c(Nc3ccc(F)c(Cl)c3)ncnc2cc1OCCCN1CC(=O)OC(C)C1. The first kappa shape index (κ1) is 23.0. The lowest BCUT2D eigenvalue weighted by atomic mass is 10.2. The Bertz CT molecular complexity index is 1160. The summed E-state index contributed by atoms with van der Waals surface area (Å²) in [6.45, 7) is 4.08. The van der Waals surface area contributed by atoms with Gasteiger partial charge in [-0.1, -0.05) is 11.6 Å². The molecular weight excluding hydrogens is 451 g/mol. The minimum atomic E-state index is -0.493. The molecule has 1 N–H and O–H groups in total. The van der Waals surface area contributed by atoms with E-state index in [2.05, 4.69) is 20.2 Å². The lowest BCUT2D eigenvalue weighted by molar-refractivity contribution is -0.157. The summed E-state index contributed by atoms with van der Waals surface area (Å²) in [5.74, 6) is 0.933. The van der Waals surface area contributed by atoms with Crippen LogP contribution in [0.2, 0.25) is 5.02 Å². The largest absolute Gasteiger partial charge is 0.493 e. The van der Waals surface area contributed by atoms with Crippen molar-refractivity contribution in [1.29, 1.82) is 0 Å². The molecule has 1 aromatic heterocycles. The predicted octanol–water partition coefficient (Wildman–Crippen LogP) is 4.19. The Hall–Kier alpha value is -3.17. The number of carbonyl (C=O) groups excluding carboxylic acids is 1. The fourth-order valence-corrected chi connectivity index (χ4v) is 3.88. The van der Waals surface area contributed by atoms with Crippen LogP contribution < -0.4 is 14.8 Å². The molecule has 1 atom stereocenters. The molecule has 8 nitrogen and oxygen atoms in total. The van der Waals surface area contributed by atoms with Gasteiger partial charge < -0.3 is 19.5 Å². The zero-order valence-electron chi connectivity index (χ0n) is 18.3. The smallest absolute Gasteiger partial charge is 0.320 e. The quantitative estimate of drug-likeness (QED) is 0.384. The second-order valence-corrected chi connectivity index (χ2v) is 8.14. The van der Waals surface area contributed by atoms with Crippen molar-refractivity contribution >= 4 is 40.0 Å². The Morgan fingerprint density at radius 1 is 1.27 bits per heavy atom. The molecule has 0 bridgehead atoms. The fourth-order valence-electron chi connectivity index (χ4n) is 3.70. The number of halogens is 2. The van der Waals surface area contributed by atoms with Crippen molar-refractivity contribution in [3.05, 3.63) is 47.5 Å². The van der Waals surface area contributed by atoms with Crippen molar-refractivity contribution in [3.8, 4) is 11.5 Å². The molecule has 2 aromatic carbocycles. The average Bonchev–Trinajstić information content (AvgIpc) is 2.78. The maximum atomic E-state index is 13.5. The standard InChI is InChI=1S/C23H24ClFN4O4/c1-14-11-29(12-22(30)33-14)6-3-7-32-21-10-19-16(9-20(21)31-2)23(27-13-26-19)28-15-4-5-18(25)17(24)8-15/h4-5,8-10,13-14H,3,6-7,11-12H2,1-2H3,(H,26,27,28). The molecule has 174 valence electrons. The van der Waals surface area contributed by atoms with Crippen molar-refractivity contribution in [1.82, 2.24) is 14.9 Å². The summed E-state index contributed by atoms with van der Waals surface area (Å²) in [4.78, 5) is 22.3. The van der Waals surface area contributed by atoms with Gasteiger partial charge in [0.2, 0.25) is 0 Å². The van der Waals surface area contributed by atoms with Crippen LogP contribution in [0.1, 0.15) is 13.3 Å². The first-order chi connectivity index (χ1) is 15.9. The zero-order chi connectivity index (χ0) is 23.4. The molecule has 1 aliphatic heterocycles. The number of ether oxygens (including phenoxy) is 3. The van der Waals surface area contributed by atoms with Gasteiger partial charge >= 0.3 is 5.97 Å². The maximum absolute atomic E-state index is 13.5. The van der Waals surface area contributed by atoms with Gasteiger partial charge in [-0.25, -0.2) is 14.4 Å². The second kappa shape index (κ2) is 10.2. The summed E-state index contributed by atoms with van der Waals surface area (Å²) in [7, 11) is 1.56. The van der Waals surface area contributed by atoms with Gasteiger partial charge in [-0.2, -0.15) is 0 Å². The highest BCUT2D eigenvalue weighted by atomic mass is 35.5. The van der Waals surface area contributed by atoms with Crippen molar-refractivity contribution in [2.45, 2.75) is 19.4 Å². The number of nitrogens with one attached hydrogen (secondary N) is 1. The van der Waals surface area contributed by atoms with E-state index in [1.165, 1.54) is 18.5 Å². The number of hydrogen-bond acceptors (Lipinski definition) is 8. The third-order valence-electron chi connectivity index (χ3n) is 5.18. The van der Waals surface area contributed by atoms with E-state index in [4.69, 9.17) is 25.8 Å². The summed E-state index contributed by atoms with van der Waals surface area (Å²) in [5.41, 5.74) is 1.25. The Morgan fingerprint density at radius 3 is 2.88 bits per heavy atom. The molecule has 1 saturated heterocycles. The number of nitrogens with zero attached hydrogens (tertiary/aromatic N) is 3. The Morgan fingerprint density at radius 2 is 2.12 bits per heavy atom. The number of rotatable bonds is 8. The Labute approximate surface area is 195 Å². The molecule has 1 unspecified atom stereocenters. The van der Waals surface area contributed by atoms with E-state index >= 15 is 0 Å². The van der Waals surface area contributed by atoms with Crippen LogP contribution in [0, 0.1) is 5.82 Å². The monoisotopic (exact) mass is 474 g/mol. The van der Waals surface area contributed by atoms with Gasteiger partial charge in [-0.3, -0.25) is 9.69 Å². The number of carbonyl (C=O) groups is 1. The summed E-state index contributed by atoms with van der Waals surface area (Å²) >= 11 is 5.88. The molecule has 1 aliphatic rings. The number of methoxy groups -OCH3 is 1. The van der Waals surface area contributed by atoms with Gasteiger partial charge in [-0.05, 0) is 37.6 Å². The van der Waals surface area contributed by atoms with Gasteiger partial charge in [0.05, 0.1) is 30.8 Å². The molecular formula is C23H24ClFN4O4. The number of aromatic nitrogens is 2. The molecule has 0 radical (unpaired) electrons. The lowest BCUT2D eigenvalue weighted by Crippen LogP contribution is -2.44. The van der Waals surface area contributed by atoms with Crippen LogP contribution in [-0.4, -0.2) is 60.3 Å². The van der Waals surface area contributed by atoms with E-state index in [9.17, 15) is 9.18 Å². The average molecular weight is 475 g/mol. The predicted molar refractivity (Wildman–Crippen MR) is 123 cm³/mol. The molecule has 0 saturated carbocycles. The summed E-state index contributed by atoms with van der Waals surface area (Å²) in [6, 6.07) is 7.93. The van der Waals surface area contributed by atoms with E-state index in [0.717, 1.165) is 19.5 Å². The van der Waals surface area contributed by atoms with Crippen molar-refractivity contribution in [3.63, 3.8) is 0 Å². The molecule has 3 aromatic rings. The number of cyclic esters (lactones) is 1. The van der Waals surface area contributed by atoms with Gasteiger partial charge in [0, 0.05) is 30.2 Å². The number of hydrogen-bond donors (Lipinski definition) is 1. The highest BCUT2D eigenvalue weighted by molar-refractivity contribution is 6.31. The molecule has 33 heavy (non-hydrogen) atoms. The maximum Gasteiger partial charge on any atom is 0.320 e. The van der Waals surface area contributed by atoms with Crippen LogP contribution in [0.25, 0.3) is 10.9 Å². The second-order valence-electron chi connectivity index (χ2n) is 7.73. The molecule has 0 amide bonds. The van der Waals surface area contributed by atoms with E-state index in [1.807, 2.05) is 6.92 Å². The number of esters is 1. The van der Waals surface area contributed by atoms with Crippen LogP contribution in [0.15, 0.2) is 36.7 Å². The molecule has 2 heterocycles. The number of anilines is 2. The third-order valence-corrected chi connectivity index (χ3v) is 5.47. The Kier molecular flexibility index (Phi) is 7.10. The van der Waals surface area contributed by atoms with E-state index in [1.54, 1.807) is 25.3 Å². The summed E-state index contributed by atoms with van der Waals surface area (Å²) < 4.78 is 30.1. The van der Waals surface area contributed by atoms with Crippen LogP contribution >= 0.6 is 11.6 Å². The minimum absolute atomic E-state index is 0.0162. The van der Waals surface area contributed by atoms with Crippen LogP contribution in [0.5, 0.6) is 11.5 Å². The number of morpholine rings is 1. The van der Waals surface area contributed by atoms with Gasteiger partial charge in [-0.15, -0.1) is 0 Å². The first-order valence-electron chi connectivity index (χ1n) is 10.5. The zero-order valence-corrected chi connectivity index (χ0v) is 19.1. The molecule has 1 fully saturated rings. The molecule has 0 spiro atoms. The topological polar surface area (TPSA) is 85.8 Å². The summed E-state index contributed by atoms with van der Waals surface area (Å²) in [6.07, 6.45) is 2.08. The molecule has 4 rings (SSSR count). The number of fused-ring (bicyclic) bond motifs is 1. The van der Waals surface area contributed by atoms with Crippen molar-refractivity contribution in [2.75, 3.05) is 38.7 Å². The minimum Gasteiger partial charge on any atom is -0.493 e. The van der Waals surface area contributed by atoms with Crippen molar-refractivity contribution < 1.29 is 23.4 Å². The van der Waals surface area contributed by atoms with Gasteiger partial charge in [0.25, 0.3) is 0 Å². The van der Waals surface area contributed by atoms with Gasteiger partial charge in [0.15, 0.2) is 11.5 Å².